The van der Waals surface area contributed by atoms with Crippen LogP contribution < -0.4 is 5.32 Å². The SMILES string of the molecule is O=C(N[C@@H]1c2ccccc2CC[C@@H]1n1ccnc1)c1cscn1. The number of nitrogens with one attached hydrogen (secondary N) is 1. The Morgan fingerprint density at radius 2 is 2.26 bits per heavy atom. The molecular weight excluding hydrogens is 308 g/mol. The normalized spacial score (nSPS) is 20.0. The molecule has 3 aromatic rings. The van der Waals surface area contributed by atoms with E-state index in [1.54, 1.807) is 17.1 Å². The Bertz CT molecular complexity index is 798. The van der Waals surface area contributed by atoms with E-state index in [9.17, 15) is 4.79 Å². The van der Waals surface area contributed by atoms with Gasteiger partial charge in [-0.05, 0) is 24.0 Å². The van der Waals surface area contributed by atoms with Crippen molar-refractivity contribution in [1.29, 1.82) is 0 Å². The van der Waals surface area contributed by atoms with E-state index >= 15 is 0 Å². The van der Waals surface area contributed by atoms with Crippen LogP contribution in [0.15, 0.2) is 53.9 Å². The van der Waals surface area contributed by atoms with Gasteiger partial charge in [0.2, 0.25) is 0 Å². The molecule has 2 heterocycles. The number of hydrogen-bond donors (Lipinski definition) is 1. The molecule has 4 rings (SSSR count). The van der Waals surface area contributed by atoms with E-state index in [0.29, 0.717) is 5.69 Å². The van der Waals surface area contributed by atoms with Gasteiger partial charge >= 0.3 is 0 Å². The summed E-state index contributed by atoms with van der Waals surface area (Å²) in [5.74, 6) is -0.127. The van der Waals surface area contributed by atoms with Crippen LogP contribution >= 0.6 is 11.3 Å². The molecule has 2 aromatic heterocycles. The van der Waals surface area contributed by atoms with Crippen molar-refractivity contribution in [3.05, 3.63) is 70.7 Å². The summed E-state index contributed by atoms with van der Waals surface area (Å²) in [4.78, 5) is 20.8. The van der Waals surface area contributed by atoms with Gasteiger partial charge in [0.15, 0.2) is 0 Å². The second kappa shape index (κ2) is 5.96. The summed E-state index contributed by atoms with van der Waals surface area (Å²) in [7, 11) is 0. The molecular formula is C17H16N4OS. The number of carbonyl (C=O) groups excluding carboxylic acids is 1. The molecule has 0 saturated carbocycles. The number of thiazole rings is 1. The molecule has 0 radical (unpaired) electrons. The third-order valence-corrected chi connectivity index (χ3v) is 4.93. The van der Waals surface area contributed by atoms with Crippen molar-refractivity contribution in [3.63, 3.8) is 0 Å². The van der Waals surface area contributed by atoms with Gasteiger partial charge in [-0.25, -0.2) is 9.97 Å². The molecule has 2 atom stereocenters. The van der Waals surface area contributed by atoms with Crippen LogP contribution in [0.1, 0.15) is 40.1 Å². The summed E-state index contributed by atoms with van der Waals surface area (Å²) in [5, 5.41) is 4.95. The fourth-order valence-electron chi connectivity index (χ4n) is 3.24. The molecule has 6 heteroatoms. The highest BCUT2D eigenvalue weighted by Gasteiger charge is 2.32. The quantitative estimate of drug-likeness (QED) is 0.806. The van der Waals surface area contributed by atoms with E-state index in [0.717, 1.165) is 12.8 Å². The lowest BCUT2D eigenvalue weighted by molar-refractivity contribution is 0.0913. The number of benzene rings is 1. The van der Waals surface area contributed by atoms with Gasteiger partial charge in [-0.1, -0.05) is 24.3 Å². The Morgan fingerprint density at radius 1 is 1.35 bits per heavy atom. The van der Waals surface area contributed by atoms with Gasteiger partial charge in [0.05, 0.1) is 23.9 Å². The number of imidazole rings is 1. The highest BCUT2D eigenvalue weighted by atomic mass is 32.1. The van der Waals surface area contributed by atoms with Crippen molar-refractivity contribution in [2.24, 2.45) is 0 Å². The second-order valence-corrected chi connectivity index (χ2v) is 6.36. The van der Waals surface area contributed by atoms with E-state index in [-0.39, 0.29) is 18.0 Å². The maximum absolute atomic E-state index is 12.5. The summed E-state index contributed by atoms with van der Waals surface area (Å²) in [6.45, 7) is 0. The zero-order valence-corrected chi connectivity index (χ0v) is 13.2. The Morgan fingerprint density at radius 3 is 3.04 bits per heavy atom. The van der Waals surface area contributed by atoms with Gasteiger partial charge < -0.3 is 9.88 Å². The smallest absolute Gasteiger partial charge is 0.271 e. The second-order valence-electron chi connectivity index (χ2n) is 5.64. The largest absolute Gasteiger partial charge is 0.342 e. The van der Waals surface area contributed by atoms with Crippen LogP contribution in [0.4, 0.5) is 0 Å². The van der Waals surface area contributed by atoms with Crippen molar-refractivity contribution < 1.29 is 4.79 Å². The van der Waals surface area contributed by atoms with Crippen LogP contribution in [-0.2, 0) is 6.42 Å². The third kappa shape index (κ3) is 2.66. The number of aryl methyl sites for hydroxylation is 1. The fourth-order valence-corrected chi connectivity index (χ4v) is 3.78. The molecule has 5 nitrogen and oxygen atoms in total. The summed E-state index contributed by atoms with van der Waals surface area (Å²) in [5.41, 5.74) is 4.63. The molecule has 0 fully saturated rings. The Labute approximate surface area is 138 Å². The molecule has 23 heavy (non-hydrogen) atoms. The average Bonchev–Trinajstić information content (AvgIpc) is 3.29. The number of rotatable bonds is 3. The number of aromatic nitrogens is 3. The standard InChI is InChI=1S/C17H16N4OS/c22-17(14-9-23-11-19-14)20-16-13-4-2-1-3-12(13)5-6-15(16)21-8-7-18-10-21/h1-4,7-11,15-16H,5-6H2,(H,20,22)/t15-,16+/m0/s1. The summed E-state index contributed by atoms with van der Waals surface area (Å²) in [6.07, 6.45) is 7.53. The van der Waals surface area contributed by atoms with E-state index in [1.165, 1.54) is 22.5 Å². The molecule has 1 amide bonds. The van der Waals surface area contributed by atoms with Gasteiger partial charge in [-0.3, -0.25) is 4.79 Å². The van der Waals surface area contributed by atoms with Crippen LogP contribution in [0.25, 0.3) is 0 Å². The molecule has 0 unspecified atom stereocenters. The number of hydrogen-bond acceptors (Lipinski definition) is 4. The van der Waals surface area contributed by atoms with Crippen molar-refractivity contribution in [2.75, 3.05) is 0 Å². The van der Waals surface area contributed by atoms with Gasteiger partial charge in [-0.15, -0.1) is 11.3 Å². The van der Waals surface area contributed by atoms with E-state index in [1.807, 2.05) is 18.6 Å². The molecule has 0 spiro atoms. The maximum atomic E-state index is 12.5. The van der Waals surface area contributed by atoms with Crippen LogP contribution in [0.2, 0.25) is 0 Å². The first-order valence-corrected chi connectivity index (χ1v) is 8.51. The first-order chi connectivity index (χ1) is 11.3. The highest BCUT2D eigenvalue weighted by Crippen LogP contribution is 2.37. The van der Waals surface area contributed by atoms with Crippen molar-refractivity contribution >= 4 is 17.2 Å². The number of fused-ring (bicyclic) bond motifs is 1. The predicted octanol–water partition coefficient (Wildman–Crippen LogP) is 3.00. The van der Waals surface area contributed by atoms with Gasteiger partial charge in [0.25, 0.3) is 5.91 Å². The molecule has 1 aliphatic rings. The summed E-state index contributed by atoms with van der Waals surface area (Å²) in [6, 6.07) is 8.40. The molecule has 1 aromatic carbocycles. The molecule has 0 bridgehead atoms. The van der Waals surface area contributed by atoms with Crippen LogP contribution in [-0.4, -0.2) is 20.4 Å². The monoisotopic (exact) mass is 324 g/mol. The van der Waals surface area contributed by atoms with E-state index in [4.69, 9.17) is 0 Å². The lowest BCUT2D eigenvalue weighted by Crippen LogP contribution is -2.37. The fraction of sp³-hybridized carbons (Fsp3) is 0.235. The predicted molar refractivity (Wildman–Crippen MR) is 88.3 cm³/mol. The lowest BCUT2D eigenvalue weighted by atomic mass is 9.83. The Kier molecular flexibility index (Phi) is 3.67. The zero-order chi connectivity index (χ0) is 15.6. The summed E-state index contributed by atoms with van der Waals surface area (Å²) >= 11 is 1.43. The van der Waals surface area contributed by atoms with E-state index in [2.05, 4.69) is 38.1 Å². The number of amides is 1. The molecule has 1 aliphatic carbocycles. The topological polar surface area (TPSA) is 59.8 Å². The third-order valence-electron chi connectivity index (χ3n) is 4.34. The van der Waals surface area contributed by atoms with E-state index < -0.39 is 0 Å². The molecule has 0 saturated heterocycles. The van der Waals surface area contributed by atoms with Crippen LogP contribution in [0.3, 0.4) is 0 Å². The van der Waals surface area contributed by atoms with Crippen molar-refractivity contribution in [2.45, 2.75) is 24.9 Å². The van der Waals surface area contributed by atoms with Gasteiger partial charge in [-0.2, -0.15) is 0 Å². The number of nitrogens with zero attached hydrogens (tertiary/aromatic N) is 3. The average molecular weight is 324 g/mol. The van der Waals surface area contributed by atoms with Crippen LogP contribution in [0, 0.1) is 0 Å². The summed E-state index contributed by atoms with van der Waals surface area (Å²) < 4.78 is 2.09. The van der Waals surface area contributed by atoms with Crippen molar-refractivity contribution in [1.82, 2.24) is 19.9 Å². The molecule has 116 valence electrons. The Balaban J connectivity index is 1.70. The van der Waals surface area contributed by atoms with Gasteiger partial charge in [0.1, 0.15) is 5.69 Å². The minimum atomic E-state index is -0.127. The lowest BCUT2D eigenvalue weighted by Gasteiger charge is -2.34. The van der Waals surface area contributed by atoms with Gasteiger partial charge in [0, 0.05) is 17.8 Å². The van der Waals surface area contributed by atoms with Crippen molar-refractivity contribution in [3.8, 4) is 0 Å². The Hall–Kier alpha value is -2.47. The molecule has 0 aliphatic heterocycles. The first kappa shape index (κ1) is 14.1. The first-order valence-electron chi connectivity index (χ1n) is 7.57. The number of carbonyl (C=O) groups is 1. The van der Waals surface area contributed by atoms with Crippen LogP contribution in [0.5, 0.6) is 0 Å². The minimum absolute atomic E-state index is 0.0802. The zero-order valence-electron chi connectivity index (χ0n) is 12.4. The highest BCUT2D eigenvalue weighted by molar-refractivity contribution is 7.07. The maximum Gasteiger partial charge on any atom is 0.271 e. The molecule has 1 N–H and O–H groups in total. The minimum Gasteiger partial charge on any atom is -0.342 e.